The molecule has 2 aromatic rings. The highest BCUT2D eigenvalue weighted by molar-refractivity contribution is 7.19. The minimum Gasteiger partial charge on any atom is -0.322 e. The minimum absolute atomic E-state index is 0.0163. The van der Waals surface area contributed by atoms with Crippen molar-refractivity contribution in [2.75, 3.05) is 0 Å². The van der Waals surface area contributed by atoms with Crippen LogP contribution in [0.3, 0.4) is 0 Å². The van der Waals surface area contributed by atoms with Crippen LogP contribution in [0.2, 0.25) is 0 Å². The number of aromatic nitrogens is 4. The van der Waals surface area contributed by atoms with Gasteiger partial charge in [0.25, 0.3) is 0 Å². The van der Waals surface area contributed by atoms with E-state index in [4.69, 9.17) is 5.73 Å². The zero-order valence-corrected chi connectivity index (χ0v) is 10.1. The lowest BCUT2D eigenvalue weighted by atomic mass is 10.3. The first kappa shape index (κ1) is 10.6. The van der Waals surface area contributed by atoms with Gasteiger partial charge in [-0.2, -0.15) is 0 Å². The Labute approximate surface area is 95.5 Å². The Balaban J connectivity index is 2.32. The van der Waals surface area contributed by atoms with E-state index in [1.807, 2.05) is 13.8 Å². The number of hydrogen-bond donors (Lipinski definition) is 1. The summed E-state index contributed by atoms with van der Waals surface area (Å²) in [5.74, 6) is 0. The number of rotatable bonds is 3. The topological polar surface area (TPSA) is 77.6 Å². The van der Waals surface area contributed by atoms with Crippen molar-refractivity contribution in [3.8, 4) is 9.88 Å². The standard InChI is InChI=1S/C8H11N5S2/c1-3-5(9)7-11-12-8(14-7)6-4(2)10-13-15-6/h5H,3,9H2,1-2H3. The third kappa shape index (κ3) is 2.04. The Hall–Kier alpha value is -0.920. The fourth-order valence-corrected chi connectivity index (χ4v) is 2.77. The van der Waals surface area contributed by atoms with Crippen LogP contribution in [0.4, 0.5) is 0 Å². The molecule has 1 atom stereocenters. The van der Waals surface area contributed by atoms with Crippen LogP contribution in [0.15, 0.2) is 0 Å². The van der Waals surface area contributed by atoms with Crippen LogP contribution in [-0.4, -0.2) is 19.8 Å². The normalized spacial score (nSPS) is 13.0. The third-order valence-electron chi connectivity index (χ3n) is 2.04. The van der Waals surface area contributed by atoms with Crippen molar-refractivity contribution in [2.45, 2.75) is 26.3 Å². The lowest BCUT2D eigenvalue weighted by Gasteiger charge is -2.00. The fraction of sp³-hybridized carbons (Fsp3) is 0.500. The Kier molecular flexibility index (Phi) is 3.03. The third-order valence-corrected chi connectivity index (χ3v) is 4.08. The van der Waals surface area contributed by atoms with Crippen molar-refractivity contribution in [2.24, 2.45) is 5.73 Å². The van der Waals surface area contributed by atoms with Crippen LogP contribution in [-0.2, 0) is 0 Å². The smallest absolute Gasteiger partial charge is 0.161 e. The van der Waals surface area contributed by atoms with Crippen molar-refractivity contribution in [3.63, 3.8) is 0 Å². The molecule has 7 heteroatoms. The summed E-state index contributed by atoms with van der Waals surface area (Å²) in [4.78, 5) is 0.988. The molecular formula is C8H11N5S2. The van der Waals surface area contributed by atoms with Crippen LogP contribution in [0, 0.1) is 6.92 Å². The highest BCUT2D eigenvalue weighted by atomic mass is 32.1. The predicted molar refractivity (Wildman–Crippen MR) is 60.8 cm³/mol. The molecule has 2 aromatic heterocycles. The van der Waals surface area contributed by atoms with E-state index < -0.39 is 0 Å². The lowest BCUT2D eigenvalue weighted by molar-refractivity contribution is 0.683. The first-order valence-electron chi connectivity index (χ1n) is 4.60. The van der Waals surface area contributed by atoms with Crippen LogP contribution in [0.1, 0.15) is 30.1 Å². The SMILES string of the molecule is CCC(N)c1nnc(-c2snnc2C)s1. The molecule has 0 aliphatic carbocycles. The summed E-state index contributed by atoms with van der Waals surface area (Å²) in [6, 6.07) is -0.0163. The minimum atomic E-state index is -0.0163. The summed E-state index contributed by atoms with van der Waals surface area (Å²) in [6.07, 6.45) is 0.870. The quantitative estimate of drug-likeness (QED) is 0.886. The van der Waals surface area contributed by atoms with Crippen molar-refractivity contribution in [3.05, 3.63) is 10.7 Å². The van der Waals surface area contributed by atoms with Crippen LogP contribution < -0.4 is 5.73 Å². The molecule has 0 spiro atoms. The van der Waals surface area contributed by atoms with E-state index >= 15 is 0 Å². The first-order chi connectivity index (χ1) is 7.22. The Bertz CT molecular complexity index is 449. The number of hydrogen-bond acceptors (Lipinski definition) is 7. The molecule has 2 heterocycles. The zero-order valence-electron chi connectivity index (χ0n) is 8.47. The van der Waals surface area contributed by atoms with Gasteiger partial charge in [0.2, 0.25) is 0 Å². The summed E-state index contributed by atoms with van der Waals surface area (Å²) < 4.78 is 3.87. The maximum Gasteiger partial charge on any atom is 0.161 e. The lowest BCUT2D eigenvalue weighted by Crippen LogP contribution is -2.07. The van der Waals surface area contributed by atoms with Gasteiger partial charge in [-0.15, -0.1) is 15.3 Å². The largest absolute Gasteiger partial charge is 0.322 e. The summed E-state index contributed by atoms with van der Waals surface area (Å²) in [5, 5.41) is 13.9. The summed E-state index contributed by atoms with van der Waals surface area (Å²) in [5.41, 5.74) is 6.78. The van der Waals surface area contributed by atoms with Crippen LogP contribution in [0.5, 0.6) is 0 Å². The molecular weight excluding hydrogens is 230 g/mol. The average Bonchev–Trinajstić information content (AvgIpc) is 2.84. The number of aryl methyl sites for hydroxylation is 1. The van der Waals surface area contributed by atoms with Gasteiger partial charge in [-0.1, -0.05) is 22.7 Å². The first-order valence-corrected chi connectivity index (χ1v) is 6.19. The molecule has 0 bridgehead atoms. The molecule has 0 aliphatic rings. The molecule has 0 fully saturated rings. The highest BCUT2D eigenvalue weighted by Gasteiger charge is 2.15. The average molecular weight is 241 g/mol. The zero-order chi connectivity index (χ0) is 10.8. The van der Waals surface area contributed by atoms with E-state index in [1.54, 1.807) is 0 Å². The molecule has 0 aromatic carbocycles. The fourth-order valence-electron chi connectivity index (χ4n) is 1.08. The molecule has 15 heavy (non-hydrogen) atoms. The predicted octanol–water partition coefficient (Wildman–Crippen LogP) is 1.77. The maximum absolute atomic E-state index is 5.88. The van der Waals surface area contributed by atoms with Gasteiger partial charge in [0.05, 0.1) is 11.7 Å². The molecule has 2 N–H and O–H groups in total. The van der Waals surface area contributed by atoms with E-state index in [1.165, 1.54) is 22.9 Å². The van der Waals surface area contributed by atoms with Gasteiger partial charge in [-0.05, 0) is 24.9 Å². The molecule has 0 radical (unpaired) electrons. The van der Waals surface area contributed by atoms with Gasteiger partial charge in [0, 0.05) is 0 Å². The summed E-state index contributed by atoms with van der Waals surface area (Å²) in [7, 11) is 0. The van der Waals surface area contributed by atoms with Crippen molar-refractivity contribution >= 4 is 22.9 Å². The molecule has 80 valence electrons. The summed E-state index contributed by atoms with van der Waals surface area (Å²) in [6.45, 7) is 3.95. The van der Waals surface area contributed by atoms with E-state index in [0.717, 1.165) is 27.0 Å². The molecule has 0 saturated heterocycles. The summed E-state index contributed by atoms with van der Waals surface area (Å²) >= 11 is 2.86. The van der Waals surface area contributed by atoms with E-state index in [0.29, 0.717) is 0 Å². The second-order valence-corrected chi connectivity index (χ2v) is 4.91. The van der Waals surface area contributed by atoms with Gasteiger partial charge in [0.1, 0.15) is 9.88 Å². The Morgan fingerprint density at radius 2 is 2.13 bits per heavy atom. The number of nitrogens with two attached hydrogens (primary N) is 1. The monoisotopic (exact) mass is 241 g/mol. The van der Waals surface area contributed by atoms with Gasteiger partial charge < -0.3 is 5.73 Å². The second-order valence-electron chi connectivity index (χ2n) is 3.15. The van der Waals surface area contributed by atoms with Crippen molar-refractivity contribution in [1.82, 2.24) is 19.8 Å². The molecule has 2 rings (SSSR count). The van der Waals surface area contributed by atoms with Gasteiger partial charge in [0.15, 0.2) is 5.01 Å². The highest BCUT2D eigenvalue weighted by Crippen LogP contribution is 2.30. The molecule has 0 amide bonds. The Morgan fingerprint density at radius 1 is 1.33 bits per heavy atom. The van der Waals surface area contributed by atoms with E-state index in [9.17, 15) is 0 Å². The molecule has 5 nitrogen and oxygen atoms in total. The van der Waals surface area contributed by atoms with Gasteiger partial charge in [-0.25, -0.2) is 0 Å². The van der Waals surface area contributed by atoms with Crippen molar-refractivity contribution < 1.29 is 0 Å². The Morgan fingerprint density at radius 3 is 2.73 bits per heavy atom. The molecule has 0 aliphatic heterocycles. The molecule has 0 saturated carbocycles. The second kappa shape index (κ2) is 4.30. The van der Waals surface area contributed by atoms with E-state index in [-0.39, 0.29) is 6.04 Å². The van der Waals surface area contributed by atoms with Gasteiger partial charge in [-0.3, -0.25) is 0 Å². The van der Waals surface area contributed by atoms with Crippen molar-refractivity contribution in [1.29, 1.82) is 0 Å². The van der Waals surface area contributed by atoms with E-state index in [2.05, 4.69) is 19.8 Å². The number of nitrogens with zero attached hydrogens (tertiary/aromatic N) is 4. The van der Waals surface area contributed by atoms with Crippen LogP contribution in [0.25, 0.3) is 9.88 Å². The van der Waals surface area contributed by atoms with Crippen LogP contribution >= 0.6 is 22.9 Å². The molecule has 1 unspecified atom stereocenters. The maximum atomic E-state index is 5.88. The van der Waals surface area contributed by atoms with Gasteiger partial charge >= 0.3 is 0 Å².